The zero-order chi connectivity index (χ0) is 18.0. The number of nitrogens with zero attached hydrogens (tertiary/aromatic N) is 3. The van der Waals surface area contributed by atoms with Crippen molar-refractivity contribution in [2.24, 2.45) is 7.05 Å². The Morgan fingerprint density at radius 3 is 2.62 bits per heavy atom. The zero-order valence-electron chi connectivity index (χ0n) is 12.6. The van der Waals surface area contributed by atoms with Crippen LogP contribution in [0.25, 0.3) is 0 Å². The third-order valence-electron chi connectivity index (χ3n) is 3.59. The number of rotatable bonds is 5. The molecule has 0 saturated carbocycles. The first kappa shape index (κ1) is 17.7. The van der Waals surface area contributed by atoms with Gasteiger partial charge in [0.1, 0.15) is 23.3 Å². The maximum atomic E-state index is 13.5. The van der Waals surface area contributed by atoms with Crippen LogP contribution in [0.3, 0.4) is 0 Å². The van der Waals surface area contributed by atoms with Crippen LogP contribution in [-0.2, 0) is 12.6 Å². The van der Waals surface area contributed by atoms with Crippen molar-refractivity contribution >= 4 is 5.69 Å². The Kier molecular flexibility index (Phi) is 4.80. The summed E-state index contributed by atoms with van der Waals surface area (Å²) in [5, 5.41) is 21.6. The molecular weight excluding hydrogens is 328 g/mol. The van der Waals surface area contributed by atoms with Crippen LogP contribution in [0.15, 0.2) is 30.6 Å². The van der Waals surface area contributed by atoms with E-state index >= 15 is 0 Å². The molecule has 1 aromatic heterocycles. The Labute approximate surface area is 135 Å². The quantitative estimate of drug-likeness (QED) is 0.820. The first-order chi connectivity index (χ1) is 11.2. The lowest BCUT2D eigenvalue weighted by Gasteiger charge is -2.30. The van der Waals surface area contributed by atoms with Crippen molar-refractivity contribution in [3.05, 3.63) is 47.8 Å². The Morgan fingerprint density at radius 1 is 1.38 bits per heavy atom. The van der Waals surface area contributed by atoms with Gasteiger partial charge in [-0.2, -0.15) is 18.4 Å². The summed E-state index contributed by atoms with van der Waals surface area (Å²) in [4.78, 5) is 3.58. The number of aliphatic hydroxyl groups is 1. The van der Waals surface area contributed by atoms with Crippen LogP contribution in [0, 0.1) is 17.1 Å². The molecule has 1 unspecified atom stereocenters. The molecule has 0 saturated heterocycles. The van der Waals surface area contributed by atoms with E-state index in [0.29, 0.717) is 0 Å². The van der Waals surface area contributed by atoms with Crippen LogP contribution in [0.2, 0.25) is 0 Å². The predicted molar refractivity (Wildman–Crippen MR) is 77.4 cm³/mol. The van der Waals surface area contributed by atoms with E-state index < -0.39 is 29.8 Å². The Bertz CT molecular complexity index is 766. The van der Waals surface area contributed by atoms with Crippen LogP contribution in [-0.4, -0.2) is 27.4 Å². The molecule has 0 bridgehead atoms. The van der Waals surface area contributed by atoms with Gasteiger partial charge in [-0.15, -0.1) is 0 Å². The van der Waals surface area contributed by atoms with Crippen molar-refractivity contribution in [1.29, 1.82) is 5.26 Å². The third kappa shape index (κ3) is 3.19. The molecule has 9 heteroatoms. The highest BCUT2D eigenvalue weighted by molar-refractivity contribution is 5.57. The summed E-state index contributed by atoms with van der Waals surface area (Å²) in [6.45, 7) is -0.346. The van der Waals surface area contributed by atoms with Crippen molar-refractivity contribution in [1.82, 2.24) is 9.55 Å². The number of anilines is 1. The number of nitrogens with one attached hydrogen (secondary N) is 1. The zero-order valence-corrected chi connectivity index (χ0v) is 12.6. The lowest BCUT2D eigenvalue weighted by molar-refractivity contribution is -0.271. The van der Waals surface area contributed by atoms with E-state index in [1.807, 2.05) is 0 Å². The van der Waals surface area contributed by atoms with E-state index in [2.05, 4.69) is 10.3 Å². The molecule has 1 atom stereocenters. The van der Waals surface area contributed by atoms with E-state index in [4.69, 9.17) is 5.26 Å². The summed E-state index contributed by atoms with van der Waals surface area (Å²) in [6.07, 6.45) is -3.27. The number of halogens is 4. The number of imidazole rings is 1. The molecule has 2 rings (SSSR count). The normalized spacial score (nSPS) is 14.0. The first-order valence-corrected chi connectivity index (χ1v) is 6.90. The van der Waals surface area contributed by atoms with E-state index in [0.717, 1.165) is 16.8 Å². The lowest BCUT2D eigenvalue weighted by Crippen LogP contribution is -2.45. The smallest absolute Gasteiger partial charge is 0.384 e. The van der Waals surface area contributed by atoms with Crippen molar-refractivity contribution < 1.29 is 22.7 Å². The second kappa shape index (κ2) is 6.49. The number of aromatic nitrogens is 2. The molecule has 0 fully saturated rings. The molecule has 0 radical (unpaired) electrons. The second-order valence-electron chi connectivity index (χ2n) is 5.17. The van der Waals surface area contributed by atoms with Crippen molar-refractivity contribution in [2.45, 2.75) is 18.2 Å². The minimum absolute atomic E-state index is 0.0573. The number of hydrogen-bond acceptors (Lipinski definition) is 4. The molecular formula is C15H14F4N4O. The van der Waals surface area contributed by atoms with Gasteiger partial charge in [0.05, 0.1) is 5.69 Å². The number of alkyl halides is 3. The van der Waals surface area contributed by atoms with Crippen LogP contribution in [0.5, 0.6) is 0 Å². The number of nitriles is 1. The first-order valence-electron chi connectivity index (χ1n) is 6.90. The molecule has 0 amide bonds. The highest BCUT2D eigenvalue weighted by Crippen LogP contribution is 2.40. The fourth-order valence-electron chi connectivity index (χ4n) is 2.31. The molecule has 0 aliphatic heterocycles. The standard InChI is InChI=1S/C15H14F4N4O/c1-23-8-7-22-13(23)14(24,15(17,18)19)5-6-21-12-4-2-3-11(16)10(12)9-20/h2-4,7-8,21,24H,5-6H2,1H3. The molecule has 128 valence electrons. The highest BCUT2D eigenvalue weighted by Gasteiger charge is 2.57. The number of aryl methyl sites for hydroxylation is 1. The van der Waals surface area contributed by atoms with Crippen LogP contribution < -0.4 is 5.32 Å². The molecule has 5 nitrogen and oxygen atoms in total. The molecule has 2 N–H and O–H groups in total. The average molecular weight is 342 g/mol. The van der Waals surface area contributed by atoms with E-state index in [9.17, 15) is 22.7 Å². The summed E-state index contributed by atoms with van der Waals surface area (Å²) in [5.41, 5.74) is -3.41. The fraction of sp³-hybridized carbons (Fsp3) is 0.333. The van der Waals surface area contributed by atoms with Crippen molar-refractivity contribution in [3.63, 3.8) is 0 Å². The monoisotopic (exact) mass is 342 g/mol. The summed E-state index contributed by atoms with van der Waals surface area (Å²) < 4.78 is 54.6. The fourth-order valence-corrected chi connectivity index (χ4v) is 2.31. The lowest BCUT2D eigenvalue weighted by atomic mass is 9.97. The van der Waals surface area contributed by atoms with Crippen LogP contribution >= 0.6 is 0 Å². The topological polar surface area (TPSA) is 73.9 Å². The van der Waals surface area contributed by atoms with Crippen molar-refractivity contribution in [3.8, 4) is 6.07 Å². The van der Waals surface area contributed by atoms with Gasteiger partial charge >= 0.3 is 6.18 Å². The minimum atomic E-state index is -4.95. The highest BCUT2D eigenvalue weighted by atomic mass is 19.4. The molecule has 0 aliphatic carbocycles. The SMILES string of the molecule is Cn1ccnc1C(O)(CCNc1cccc(F)c1C#N)C(F)(F)F. The summed E-state index contributed by atoms with van der Waals surface area (Å²) >= 11 is 0. The summed E-state index contributed by atoms with van der Waals surface area (Å²) in [7, 11) is 1.34. The molecule has 24 heavy (non-hydrogen) atoms. The van der Waals surface area contributed by atoms with Gasteiger partial charge < -0.3 is 15.0 Å². The Hall–Kier alpha value is -2.60. The van der Waals surface area contributed by atoms with Gasteiger partial charge in [-0.1, -0.05) is 6.07 Å². The Morgan fingerprint density at radius 2 is 2.08 bits per heavy atom. The van der Waals surface area contributed by atoms with Gasteiger partial charge in [0, 0.05) is 32.4 Å². The largest absolute Gasteiger partial charge is 0.424 e. The van der Waals surface area contributed by atoms with E-state index in [1.165, 1.54) is 25.4 Å². The van der Waals surface area contributed by atoms with Gasteiger partial charge in [0.15, 0.2) is 0 Å². The number of hydrogen-bond donors (Lipinski definition) is 2. The van der Waals surface area contributed by atoms with Gasteiger partial charge in [-0.25, -0.2) is 9.37 Å². The maximum absolute atomic E-state index is 13.5. The van der Waals surface area contributed by atoms with E-state index in [-0.39, 0.29) is 17.8 Å². The van der Waals surface area contributed by atoms with Gasteiger partial charge in [-0.3, -0.25) is 0 Å². The van der Waals surface area contributed by atoms with E-state index in [1.54, 1.807) is 6.07 Å². The summed E-state index contributed by atoms with van der Waals surface area (Å²) in [6, 6.07) is 5.41. The molecule has 0 spiro atoms. The maximum Gasteiger partial charge on any atom is 0.424 e. The average Bonchev–Trinajstić information content (AvgIpc) is 2.92. The van der Waals surface area contributed by atoms with Crippen LogP contribution in [0.1, 0.15) is 17.8 Å². The van der Waals surface area contributed by atoms with Crippen molar-refractivity contribution in [2.75, 3.05) is 11.9 Å². The van der Waals surface area contributed by atoms with Gasteiger partial charge in [0.2, 0.25) is 5.60 Å². The predicted octanol–water partition coefficient (Wildman–Crippen LogP) is 2.68. The molecule has 0 aliphatic rings. The van der Waals surface area contributed by atoms with Gasteiger partial charge in [-0.05, 0) is 12.1 Å². The molecule has 1 aromatic carbocycles. The minimum Gasteiger partial charge on any atom is -0.384 e. The third-order valence-corrected chi connectivity index (χ3v) is 3.59. The van der Waals surface area contributed by atoms with Gasteiger partial charge in [0.25, 0.3) is 0 Å². The molecule has 2 aromatic rings. The Balaban J connectivity index is 2.21. The van der Waals surface area contributed by atoms with Crippen LogP contribution in [0.4, 0.5) is 23.2 Å². The second-order valence-corrected chi connectivity index (χ2v) is 5.17. The molecule has 1 heterocycles. The number of benzene rings is 1. The summed E-state index contributed by atoms with van der Waals surface area (Å²) in [5.74, 6) is -1.32.